The maximum Gasteiger partial charge on any atom is 0.199 e. The largest absolute Gasteiger partial charge is 0.388 e. The summed E-state index contributed by atoms with van der Waals surface area (Å²) in [5.41, 5.74) is 2.88. The first-order valence-corrected chi connectivity index (χ1v) is 9.19. The van der Waals surface area contributed by atoms with Crippen molar-refractivity contribution in [1.82, 2.24) is 19.2 Å². The fraction of sp³-hybridized carbons (Fsp3) is 0.556. The van der Waals surface area contributed by atoms with Gasteiger partial charge in [0, 0.05) is 19.1 Å². The standard InChI is InChI=1S/C18H26N4OS/c1-3-10-21-17(12-23)19-22(18(21)24)13-20-11-9-14-7-5-6-8-15(14)16(20)4-2/h5-8,16,23H,3-4,9-13H2,1-2H3. The van der Waals surface area contributed by atoms with E-state index < -0.39 is 0 Å². The molecule has 0 saturated heterocycles. The van der Waals surface area contributed by atoms with Gasteiger partial charge in [-0.3, -0.25) is 4.90 Å². The zero-order valence-corrected chi connectivity index (χ0v) is 15.3. The van der Waals surface area contributed by atoms with Crippen molar-refractivity contribution in [1.29, 1.82) is 0 Å². The number of fused-ring (bicyclic) bond motifs is 1. The third-order valence-electron chi connectivity index (χ3n) is 4.81. The monoisotopic (exact) mass is 346 g/mol. The highest BCUT2D eigenvalue weighted by Crippen LogP contribution is 2.32. The van der Waals surface area contributed by atoms with E-state index in [-0.39, 0.29) is 6.61 Å². The summed E-state index contributed by atoms with van der Waals surface area (Å²) in [6, 6.07) is 9.11. The van der Waals surface area contributed by atoms with E-state index in [0.29, 0.717) is 23.3 Å². The molecule has 3 rings (SSSR count). The van der Waals surface area contributed by atoms with Crippen LogP contribution in [0.4, 0.5) is 0 Å². The van der Waals surface area contributed by atoms with Crippen LogP contribution in [0, 0.1) is 4.77 Å². The topological polar surface area (TPSA) is 46.2 Å². The van der Waals surface area contributed by atoms with Gasteiger partial charge in [0.2, 0.25) is 0 Å². The lowest BCUT2D eigenvalue weighted by molar-refractivity contribution is 0.127. The predicted octanol–water partition coefficient (Wildman–Crippen LogP) is 3.28. The molecule has 0 saturated carbocycles. The Labute approximate surface area is 148 Å². The molecule has 1 N–H and O–H groups in total. The Morgan fingerprint density at radius 3 is 2.79 bits per heavy atom. The molecule has 130 valence electrons. The lowest BCUT2D eigenvalue weighted by atomic mass is 9.91. The van der Waals surface area contributed by atoms with Crippen molar-refractivity contribution in [3.8, 4) is 0 Å². The quantitative estimate of drug-likeness (QED) is 0.816. The highest BCUT2D eigenvalue weighted by molar-refractivity contribution is 7.71. The maximum atomic E-state index is 9.56. The molecule has 2 heterocycles. The second-order valence-electron chi connectivity index (χ2n) is 6.33. The van der Waals surface area contributed by atoms with Gasteiger partial charge >= 0.3 is 0 Å². The summed E-state index contributed by atoms with van der Waals surface area (Å²) in [6.07, 6.45) is 3.09. The minimum absolute atomic E-state index is 0.0727. The van der Waals surface area contributed by atoms with Crippen LogP contribution < -0.4 is 0 Å². The highest BCUT2D eigenvalue weighted by atomic mass is 32.1. The smallest absolute Gasteiger partial charge is 0.199 e. The van der Waals surface area contributed by atoms with Crippen LogP contribution in [0.5, 0.6) is 0 Å². The van der Waals surface area contributed by atoms with Crippen LogP contribution in [0.2, 0.25) is 0 Å². The number of aliphatic hydroxyl groups excluding tert-OH is 1. The van der Waals surface area contributed by atoms with E-state index in [2.05, 4.69) is 48.1 Å². The van der Waals surface area contributed by atoms with Crippen LogP contribution in [-0.2, 0) is 26.2 Å². The Morgan fingerprint density at radius 2 is 2.08 bits per heavy atom. The first-order valence-electron chi connectivity index (χ1n) is 8.78. The lowest BCUT2D eigenvalue weighted by Gasteiger charge is -2.36. The van der Waals surface area contributed by atoms with E-state index in [0.717, 1.165) is 32.4 Å². The molecule has 1 aliphatic rings. The van der Waals surface area contributed by atoms with Crippen LogP contribution >= 0.6 is 12.2 Å². The van der Waals surface area contributed by atoms with Gasteiger partial charge in [-0.25, -0.2) is 4.68 Å². The van der Waals surface area contributed by atoms with Crippen LogP contribution in [0.1, 0.15) is 49.7 Å². The van der Waals surface area contributed by atoms with Crippen molar-refractivity contribution in [2.75, 3.05) is 6.54 Å². The average Bonchev–Trinajstić information content (AvgIpc) is 2.91. The van der Waals surface area contributed by atoms with Crippen LogP contribution in [0.25, 0.3) is 0 Å². The molecule has 0 amide bonds. The van der Waals surface area contributed by atoms with Crippen LogP contribution in [0.3, 0.4) is 0 Å². The number of hydrogen-bond donors (Lipinski definition) is 1. The normalized spacial score (nSPS) is 17.9. The summed E-state index contributed by atoms with van der Waals surface area (Å²) in [7, 11) is 0. The first kappa shape index (κ1) is 17.3. The van der Waals surface area contributed by atoms with E-state index in [1.54, 1.807) is 0 Å². The molecule has 0 aliphatic carbocycles. The van der Waals surface area contributed by atoms with Gasteiger partial charge in [0.15, 0.2) is 10.6 Å². The predicted molar refractivity (Wildman–Crippen MR) is 97.1 cm³/mol. The van der Waals surface area contributed by atoms with Gasteiger partial charge in [-0.15, -0.1) is 0 Å². The summed E-state index contributed by atoms with van der Waals surface area (Å²) < 4.78 is 4.52. The second-order valence-corrected chi connectivity index (χ2v) is 6.70. The van der Waals surface area contributed by atoms with Crippen molar-refractivity contribution in [2.45, 2.75) is 59.0 Å². The van der Waals surface area contributed by atoms with Crippen molar-refractivity contribution in [3.63, 3.8) is 0 Å². The van der Waals surface area contributed by atoms with Crippen LogP contribution in [-0.4, -0.2) is 30.9 Å². The number of benzene rings is 1. The van der Waals surface area contributed by atoms with Crippen LogP contribution in [0.15, 0.2) is 24.3 Å². The van der Waals surface area contributed by atoms with E-state index >= 15 is 0 Å². The maximum absolute atomic E-state index is 9.56. The summed E-state index contributed by atoms with van der Waals surface area (Å²) in [6.45, 7) is 6.75. The Balaban J connectivity index is 1.88. The third-order valence-corrected chi connectivity index (χ3v) is 5.24. The molecule has 24 heavy (non-hydrogen) atoms. The van der Waals surface area contributed by atoms with E-state index in [4.69, 9.17) is 12.2 Å². The summed E-state index contributed by atoms with van der Waals surface area (Å²) >= 11 is 5.59. The number of hydrogen-bond acceptors (Lipinski definition) is 4. The lowest BCUT2D eigenvalue weighted by Crippen LogP contribution is -2.37. The fourth-order valence-electron chi connectivity index (χ4n) is 3.67. The van der Waals surface area contributed by atoms with Gasteiger partial charge in [0.1, 0.15) is 6.61 Å². The minimum atomic E-state index is -0.0727. The number of nitrogens with zero attached hydrogens (tertiary/aromatic N) is 4. The molecule has 1 aliphatic heterocycles. The van der Waals surface area contributed by atoms with Crippen molar-refractivity contribution in [3.05, 3.63) is 46.0 Å². The zero-order chi connectivity index (χ0) is 17.1. The second kappa shape index (κ2) is 7.59. The molecule has 2 aromatic rings. The Morgan fingerprint density at radius 1 is 1.29 bits per heavy atom. The van der Waals surface area contributed by atoms with Gasteiger partial charge in [0.25, 0.3) is 0 Å². The molecule has 0 bridgehead atoms. The third kappa shape index (κ3) is 3.18. The Kier molecular flexibility index (Phi) is 5.48. The van der Waals surface area contributed by atoms with E-state index in [1.807, 2.05) is 9.25 Å². The van der Waals surface area contributed by atoms with Gasteiger partial charge in [-0.2, -0.15) is 5.10 Å². The van der Waals surface area contributed by atoms with E-state index in [1.165, 1.54) is 11.1 Å². The molecule has 1 unspecified atom stereocenters. The summed E-state index contributed by atoms with van der Waals surface area (Å²) in [5, 5.41) is 14.1. The number of aliphatic hydroxyl groups is 1. The molecule has 5 nitrogen and oxygen atoms in total. The molecule has 6 heteroatoms. The molecular weight excluding hydrogens is 320 g/mol. The molecule has 1 aromatic carbocycles. The molecule has 1 aromatic heterocycles. The Bertz CT molecular complexity index is 752. The van der Waals surface area contributed by atoms with Gasteiger partial charge < -0.3 is 9.67 Å². The minimum Gasteiger partial charge on any atom is -0.388 e. The first-order chi connectivity index (χ1) is 11.7. The molecule has 0 fully saturated rings. The van der Waals surface area contributed by atoms with Gasteiger partial charge in [-0.05, 0) is 42.6 Å². The average molecular weight is 347 g/mol. The Hall–Kier alpha value is -1.50. The number of rotatable bonds is 6. The van der Waals surface area contributed by atoms with Gasteiger partial charge in [0.05, 0.1) is 6.67 Å². The number of aromatic nitrogens is 3. The molecular formula is C18H26N4OS. The highest BCUT2D eigenvalue weighted by Gasteiger charge is 2.26. The molecule has 1 atom stereocenters. The zero-order valence-electron chi connectivity index (χ0n) is 14.5. The molecule has 0 radical (unpaired) electrons. The molecule has 0 spiro atoms. The van der Waals surface area contributed by atoms with E-state index in [9.17, 15) is 5.11 Å². The summed E-state index contributed by atoms with van der Waals surface area (Å²) in [4.78, 5) is 2.45. The van der Waals surface area contributed by atoms with Gasteiger partial charge in [-0.1, -0.05) is 38.1 Å². The van der Waals surface area contributed by atoms with Crippen molar-refractivity contribution < 1.29 is 5.11 Å². The van der Waals surface area contributed by atoms with Crippen molar-refractivity contribution >= 4 is 12.2 Å². The summed E-state index contributed by atoms with van der Waals surface area (Å²) in [5.74, 6) is 0.660. The SMILES string of the molecule is CCCn1c(CO)nn(CN2CCc3ccccc3C2CC)c1=S. The van der Waals surface area contributed by atoms with Crippen molar-refractivity contribution in [2.24, 2.45) is 0 Å². The fourth-order valence-corrected chi connectivity index (χ4v) is 3.96.